The van der Waals surface area contributed by atoms with Crippen molar-refractivity contribution >= 4 is 5.57 Å². The molecule has 0 unspecified atom stereocenters. The summed E-state index contributed by atoms with van der Waals surface area (Å²) in [5.74, 6) is -1.26. The number of nitrogens with zero attached hydrogens (tertiary/aromatic N) is 1. The summed E-state index contributed by atoms with van der Waals surface area (Å²) in [7, 11) is 0. The summed E-state index contributed by atoms with van der Waals surface area (Å²) in [6.07, 6.45) is -3.28. The number of aliphatic hydroxyl groups is 3. The van der Waals surface area contributed by atoms with Crippen LogP contribution in [0.1, 0.15) is 25.0 Å². The third kappa shape index (κ3) is 3.77. The molecule has 1 saturated heterocycles. The van der Waals surface area contributed by atoms with Crippen LogP contribution in [-0.2, 0) is 6.42 Å². The Hall–Kier alpha value is -1.34. The van der Waals surface area contributed by atoms with Gasteiger partial charge in [0.15, 0.2) is 0 Å². The van der Waals surface area contributed by atoms with Crippen LogP contribution in [0.2, 0.25) is 0 Å². The van der Waals surface area contributed by atoms with Gasteiger partial charge in [0.1, 0.15) is 17.7 Å². The average molecular weight is 327 g/mol. The molecule has 0 amide bonds. The van der Waals surface area contributed by atoms with Gasteiger partial charge in [-0.05, 0) is 38.0 Å². The van der Waals surface area contributed by atoms with Gasteiger partial charge in [-0.2, -0.15) is 0 Å². The molecular weight excluding hydrogens is 304 g/mol. The van der Waals surface area contributed by atoms with Gasteiger partial charge >= 0.3 is 0 Å². The molecule has 0 bridgehead atoms. The Morgan fingerprint density at radius 2 is 1.78 bits per heavy atom. The van der Waals surface area contributed by atoms with Gasteiger partial charge in [0.05, 0.1) is 12.2 Å². The average Bonchev–Trinajstić information content (AvgIpc) is 2.48. The van der Waals surface area contributed by atoms with Crippen molar-refractivity contribution in [3.63, 3.8) is 0 Å². The van der Waals surface area contributed by atoms with Crippen LogP contribution in [0.25, 0.3) is 5.57 Å². The standard InChI is InChI=1S/C17H23F2NO3/c1-9(2)11-6-13(18)12(14(19)7-11)4-5-20-8-15(21)17(23)16(22)10(20)3/h6-7,10,15-17,21-23H,1,4-5,8H2,2-3H3/t10-,15+,16-,17-/m1/s1. The van der Waals surface area contributed by atoms with E-state index in [4.69, 9.17) is 0 Å². The normalized spacial score (nSPS) is 28.8. The summed E-state index contributed by atoms with van der Waals surface area (Å²) in [6, 6.07) is 2.11. The lowest BCUT2D eigenvalue weighted by molar-refractivity contribution is -0.132. The fourth-order valence-corrected chi connectivity index (χ4v) is 2.88. The van der Waals surface area contributed by atoms with Crippen LogP contribution in [0, 0.1) is 11.6 Å². The Morgan fingerprint density at radius 3 is 2.30 bits per heavy atom. The van der Waals surface area contributed by atoms with Crippen LogP contribution in [0.15, 0.2) is 18.7 Å². The van der Waals surface area contributed by atoms with Gasteiger partial charge < -0.3 is 15.3 Å². The highest BCUT2D eigenvalue weighted by Gasteiger charge is 2.38. The molecule has 2 rings (SSSR count). The molecular formula is C17H23F2NO3. The van der Waals surface area contributed by atoms with Crippen molar-refractivity contribution in [2.75, 3.05) is 13.1 Å². The second kappa shape index (κ2) is 7.05. The molecule has 0 saturated carbocycles. The first-order valence-electron chi connectivity index (χ1n) is 7.64. The Balaban J connectivity index is 2.10. The number of likely N-dealkylation sites (tertiary alicyclic amines) is 1. The van der Waals surface area contributed by atoms with Crippen LogP contribution in [0.4, 0.5) is 8.78 Å². The number of aliphatic hydroxyl groups excluding tert-OH is 3. The number of halogens is 2. The van der Waals surface area contributed by atoms with E-state index in [9.17, 15) is 24.1 Å². The van der Waals surface area contributed by atoms with Gasteiger partial charge in [-0.1, -0.05) is 12.2 Å². The lowest BCUT2D eigenvalue weighted by atomic mass is 9.94. The third-order valence-corrected chi connectivity index (χ3v) is 4.52. The van der Waals surface area contributed by atoms with Gasteiger partial charge in [-0.15, -0.1) is 0 Å². The maximum atomic E-state index is 14.1. The monoisotopic (exact) mass is 327 g/mol. The Labute approximate surface area is 134 Å². The molecule has 0 radical (unpaired) electrons. The van der Waals surface area contributed by atoms with E-state index in [1.54, 1.807) is 18.7 Å². The maximum Gasteiger partial charge on any atom is 0.129 e. The summed E-state index contributed by atoms with van der Waals surface area (Å²) in [5.41, 5.74) is 0.973. The molecule has 6 heteroatoms. The molecule has 4 atom stereocenters. The van der Waals surface area contributed by atoms with E-state index in [-0.39, 0.29) is 25.1 Å². The minimum Gasteiger partial charge on any atom is -0.389 e. The lowest BCUT2D eigenvalue weighted by Crippen LogP contribution is -2.60. The van der Waals surface area contributed by atoms with E-state index >= 15 is 0 Å². The number of benzene rings is 1. The molecule has 1 aromatic rings. The van der Waals surface area contributed by atoms with Crippen molar-refractivity contribution in [1.29, 1.82) is 0 Å². The molecule has 3 N–H and O–H groups in total. The number of hydrogen-bond donors (Lipinski definition) is 3. The fourth-order valence-electron chi connectivity index (χ4n) is 2.88. The predicted molar refractivity (Wildman–Crippen MR) is 83.8 cm³/mol. The predicted octanol–water partition coefficient (Wildman–Crippen LogP) is 1.33. The van der Waals surface area contributed by atoms with Gasteiger partial charge in [0.2, 0.25) is 0 Å². The Bertz CT molecular complexity index is 570. The molecule has 4 nitrogen and oxygen atoms in total. The molecule has 1 aromatic carbocycles. The minimum absolute atomic E-state index is 0.0303. The third-order valence-electron chi connectivity index (χ3n) is 4.52. The van der Waals surface area contributed by atoms with Crippen LogP contribution >= 0.6 is 0 Å². The quantitative estimate of drug-likeness (QED) is 0.781. The van der Waals surface area contributed by atoms with Crippen LogP contribution in [-0.4, -0.2) is 57.7 Å². The highest BCUT2D eigenvalue weighted by molar-refractivity contribution is 5.61. The molecule has 128 valence electrons. The highest BCUT2D eigenvalue weighted by Crippen LogP contribution is 2.23. The topological polar surface area (TPSA) is 63.9 Å². The summed E-state index contributed by atoms with van der Waals surface area (Å²) < 4.78 is 28.2. The molecule has 1 aliphatic rings. The van der Waals surface area contributed by atoms with Crippen molar-refractivity contribution in [3.8, 4) is 0 Å². The smallest absolute Gasteiger partial charge is 0.129 e. The maximum absolute atomic E-state index is 14.1. The lowest BCUT2D eigenvalue weighted by Gasteiger charge is -2.42. The number of rotatable bonds is 4. The molecule has 1 aliphatic heterocycles. The molecule has 0 aromatic heterocycles. The molecule has 0 spiro atoms. The van der Waals surface area contributed by atoms with Gasteiger partial charge in [0, 0.05) is 24.7 Å². The Kier molecular flexibility index (Phi) is 5.52. The zero-order valence-corrected chi connectivity index (χ0v) is 13.3. The van der Waals surface area contributed by atoms with E-state index in [0.29, 0.717) is 11.1 Å². The van der Waals surface area contributed by atoms with Gasteiger partial charge in [-0.3, -0.25) is 4.90 Å². The first-order chi connectivity index (χ1) is 10.7. The highest BCUT2D eigenvalue weighted by atomic mass is 19.1. The molecule has 1 fully saturated rings. The van der Waals surface area contributed by atoms with Crippen molar-refractivity contribution in [3.05, 3.63) is 41.5 Å². The van der Waals surface area contributed by atoms with Crippen molar-refractivity contribution in [1.82, 2.24) is 4.90 Å². The SMILES string of the molecule is C=C(C)c1cc(F)c(CCN2C[C@H](O)[C@@H](O)[C@H](O)[C@H]2C)c(F)c1. The van der Waals surface area contributed by atoms with Crippen LogP contribution in [0.3, 0.4) is 0 Å². The summed E-state index contributed by atoms with van der Waals surface area (Å²) in [5, 5.41) is 29.2. The van der Waals surface area contributed by atoms with E-state index in [0.717, 1.165) is 0 Å². The van der Waals surface area contributed by atoms with Crippen molar-refractivity contribution < 1.29 is 24.1 Å². The largest absolute Gasteiger partial charge is 0.389 e. The number of allylic oxidation sites excluding steroid dienone is 1. The van der Waals surface area contributed by atoms with E-state index < -0.39 is 36.0 Å². The van der Waals surface area contributed by atoms with E-state index in [2.05, 4.69) is 6.58 Å². The van der Waals surface area contributed by atoms with Gasteiger partial charge in [0.25, 0.3) is 0 Å². The number of β-amino-alcohol motifs (C(OH)–C–C–N with tert-alkyl or cyclic N) is 1. The van der Waals surface area contributed by atoms with Gasteiger partial charge in [-0.25, -0.2) is 8.78 Å². The summed E-state index contributed by atoms with van der Waals surface area (Å²) in [4.78, 5) is 1.72. The number of piperidine rings is 1. The zero-order valence-electron chi connectivity index (χ0n) is 13.3. The molecule has 0 aliphatic carbocycles. The fraction of sp³-hybridized carbons (Fsp3) is 0.529. The summed E-state index contributed by atoms with van der Waals surface area (Å²) >= 11 is 0. The second-order valence-electron chi connectivity index (χ2n) is 6.23. The Morgan fingerprint density at radius 1 is 1.22 bits per heavy atom. The molecule has 1 heterocycles. The van der Waals surface area contributed by atoms with E-state index in [1.165, 1.54) is 12.1 Å². The first kappa shape index (κ1) is 18.0. The first-order valence-corrected chi connectivity index (χ1v) is 7.64. The van der Waals surface area contributed by atoms with Crippen LogP contribution in [0.5, 0.6) is 0 Å². The minimum atomic E-state index is -1.20. The molecule has 23 heavy (non-hydrogen) atoms. The van der Waals surface area contributed by atoms with Crippen LogP contribution < -0.4 is 0 Å². The van der Waals surface area contributed by atoms with Crippen molar-refractivity contribution in [2.45, 2.75) is 44.6 Å². The van der Waals surface area contributed by atoms with E-state index in [1.807, 2.05) is 0 Å². The second-order valence-corrected chi connectivity index (χ2v) is 6.23. The van der Waals surface area contributed by atoms with Crippen molar-refractivity contribution in [2.24, 2.45) is 0 Å². The number of hydrogen-bond acceptors (Lipinski definition) is 4. The summed E-state index contributed by atoms with van der Waals surface area (Å²) in [6.45, 7) is 7.46. The zero-order chi connectivity index (χ0) is 17.3.